The van der Waals surface area contributed by atoms with Crippen LogP contribution in [0.2, 0.25) is 0 Å². The predicted molar refractivity (Wildman–Crippen MR) is 128 cm³/mol. The van der Waals surface area contributed by atoms with E-state index in [0.717, 1.165) is 16.5 Å². The van der Waals surface area contributed by atoms with Gasteiger partial charge in [0, 0.05) is 23.5 Å². The topological polar surface area (TPSA) is 58.6 Å². The van der Waals surface area contributed by atoms with Crippen LogP contribution < -0.4 is 15.0 Å². The zero-order chi connectivity index (χ0) is 22.3. The molecule has 5 heteroatoms. The van der Waals surface area contributed by atoms with E-state index in [2.05, 4.69) is 5.32 Å². The van der Waals surface area contributed by atoms with Crippen molar-refractivity contribution in [1.82, 2.24) is 0 Å². The molecule has 160 valence electrons. The summed E-state index contributed by atoms with van der Waals surface area (Å²) in [5, 5.41) is 4.98. The molecule has 32 heavy (non-hydrogen) atoms. The Morgan fingerprint density at radius 2 is 1.50 bits per heavy atom. The van der Waals surface area contributed by atoms with E-state index in [-0.39, 0.29) is 18.4 Å². The summed E-state index contributed by atoms with van der Waals surface area (Å²) in [7, 11) is 0. The Bertz CT molecular complexity index is 1220. The van der Waals surface area contributed by atoms with E-state index in [4.69, 9.17) is 4.74 Å². The second-order valence-electron chi connectivity index (χ2n) is 7.31. The summed E-state index contributed by atoms with van der Waals surface area (Å²) in [4.78, 5) is 26.9. The van der Waals surface area contributed by atoms with Crippen LogP contribution in [-0.2, 0) is 4.79 Å². The van der Waals surface area contributed by atoms with Crippen LogP contribution in [0.25, 0.3) is 10.8 Å². The number of anilines is 2. The van der Waals surface area contributed by atoms with Crippen LogP contribution in [0, 0.1) is 0 Å². The smallest absolute Gasteiger partial charge is 0.262 e. The number of carbonyl (C=O) groups excluding carboxylic acids is 2. The fourth-order valence-electron chi connectivity index (χ4n) is 3.51. The molecule has 0 radical (unpaired) electrons. The largest absolute Gasteiger partial charge is 0.484 e. The lowest BCUT2D eigenvalue weighted by Gasteiger charge is -2.21. The number of ether oxygens (including phenoxy) is 1. The van der Waals surface area contributed by atoms with Crippen LogP contribution in [0.3, 0.4) is 0 Å². The molecule has 0 bridgehead atoms. The van der Waals surface area contributed by atoms with Gasteiger partial charge in [-0.25, -0.2) is 0 Å². The summed E-state index contributed by atoms with van der Waals surface area (Å²) >= 11 is 0. The molecule has 0 unspecified atom stereocenters. The third-order valence-corrected chi connectivity index (χ3v) is 5.14. The lowest BCUT2D eigenvalue weighted by molar-refractivity contribution is -0.118. The average Bonchev–Trinajstić information content (AvgIpc) is 2.84. The Balaban J connectivity index is 1.35. The Morgan fingerprint density at radius 3 is 2.22 bits per heavy atom. The SMILES string of the molecule is CCN(C(=O)c1ccc(NC(=O)COc2ccc3ccccc3c2)cc1)c1ccccc1. The molecule has 0 saturated carbocycles. The van der Waals surface area contributed by atoms with E-state index >= 15 is 0 Å². The van der Waals surface area contributed by atoms with E-state index in [9.17, 15) is 9.59 Å². The van der Waals surface area contributed by atoms with Gasteiger partial charge >= 0.3 is 0 Å². The molecule has 4 rings (SSSR count). The predicted octanol–water partition coefficient (Wildman–Crippen LogP) is 5.52. The second-order valence-corrected chi connectivity index (χ2v) is 7.31. The lowest BCUT2D eigenvalue weighted by atomic mass is 10.1. The summed E-state index contributed by atoms with van der Waals surface area (Å²) < 4.78 is 5.63. The van der Waals surface area contributed by atoms with Gasteiger partial charge in [0.15, 0.2) is 6.61 Å². The highest BCUT2D eigenvalue weighted by molar-refractivity contribution is 6.06. The molecule has 0 aliphatic heterocycles. The minimum absolute atomic E-state index is 0.0868. The number of nitrogens with one attached hydrogen (secondary N) is 1. The first-order valence-corrected chi connectivity index (χ1v) is 10.5. The van der Waals surface area contributed by atoms with Gasteiger partial charge in [0.25, 0.3) is 11.8 Å². The van der Waals surface area contributed by atoms with Crippen LogP contribution in [0.4, 0.5) is 11.4 Å². The maximum atomic E-state index is 12.9. The number of nitrogens with zero attached hydrogens (tertiary/aromatic N) is 1. The number of hydrogen-bond donors (Lipinski definition) is 1. The first-order chi connectivity index (χ1) is 15.6. The van der Waals surface area contributed by atoms with Crippen molar-refractivity contribution < 1.29 is 14.3 Å². The van der Waals surface area contributed by atoms with Crippen LogP contribution >= 0.6 is 0 Å². The van der Waals surface area contributed by atoms with E-state index < -0.39 is 0 Å². The van der Waals surface area contributed by atoms with Crippen molar-refractivity contribution in [3.8, 4) is 5.75 Å². The number of para-hydroxylation sites is 1. The third kappa shape index (κ3) is 4.95. The van der Waals surface area contributed by atoms with Gasteiger partial charge in [-0.05, 0) is 66.2 Å². The summed E-state index contributed by atoms with van der Waals surface area (Å²) in [5.74, 6) is 0.285. The van der Waals surface area contributed by atoms with Crippen molar-refractivity contribution in [1.29, 1.82) is 0 Å². The van der Waals surface area contributed by atoms with Crippen molar-refractivity contribution >= 4 is 34.0 Å². The summed E-state index contributed by atoms with van der Waals surface area (Å²) in [6.07, 6.45) is 0. The Labute approximate surface area is 187 Å². The maximum Gasteiger partial charge on any atom is 0.262 e. The highest BCUT2D eigenvalue weighted by atomic mass is 16.5. The van der Waals surface area contributed by atoms with Gasteiger partial charge in [-0.2, -0.15) is 0 Å². The van der Waals surface area contributed by atoms with E-state index in [1.807, 2.05) is 79.7 Å². The van der Waals surface area contributed by atoms with Crippen LogP contribution in [0.15, 0.2) is 97.1 Å². The van der Waals surface area contributed by atoms with E-state index in [1.165, 1.54) is 0 Å². The molecule has 4 aromatic rings. The van der Waals surface area contributed by atoms with Gasteiger partial charge < -0.3 is 15.0 Å². The molecule has 4 aromatic carbocycles. The Morgan fingerprint density at radius 1 is 0.812 bits per heavy atom. The van der Waals surface area contributed by atoms with Gasteiger partial charge in [-0.1, -0.05) is 48.5 Å². The fraction of sp³-hybridized carbons (Fsp3) is 0.111. The molecule has 0 fully saturated rings. The molecule has 1 N–H and O–H groups in total. The molecule has 0 heterocycles. The van der Waals surface area contributed by atoms with Crippen LogP contribution in [0.1, 0.15) is 17.3 Å². The first kappa shape index (κ1) is 21.1. The van der Waals surface area contributed by atoms with Crippen molar-refractivity contribution in [3.05, 3.63) is 103 Å². The molecule has 0 spiro atoms. The van der Waals surface area contributed by atoms with Gasteiger partial charge in [0.05, 0.1) is 0 Å². The quantitative estimate of drug-likeness (QED) is 0.425. The van der Waals surface area contributed by atoms with Gasteiger partial charge in [0.2, 0.25) is 0 Å². The number of amides is 2. The van der Waals surface area contributed by atoms with Gasteiger partial charge in [0.1, 0.15) is 5.75 Å². The van der Waals surface area contributed by atoms with E-state index in [1.54, 1.807) is 29.2 Å². The van der Waals surface area contributed by atoms with Crippen molar-refractivity contribution in [3.63, 3.8) is 0 Å². The molecule has 0 atom stereocenters. The minimum Gasteiger partial charge on any atom is -0.484 e. The lowest BCUT2D eigenvalue weighted by Crippen LogP contribution is -2.30. The Hall–Kier alpha value is -4.12. The summed E-state index contributed by atoms with van der Waals surface area (Å²) in [5.41, 5.74) is 2.01. The third-order valence-electron chi connectivity index (χ3n) is 5.14. The van der Waals surface area contributed by atoms with Crippen molar-refractivity contribution in [2.75, 3.05) is 23.4 Å². The molecular formula is C27H24N2O3. The average molecular weight is 425 g/mol. The van der Waals surface area contributed by atoms with Gasteiger partial charge in [-0.3, -0.25) is 9.59 Å². The molecule has 0 aliphatic rings. The van der Waals surface area contributed by atoms with E-state index in [0.29, 0.717) is 23.5 Å². The molecule has 0 aliphatic carbocycles. The molecule has 0 aromatic heterocycles. The number of rotatable bonds is 7. The first-order valence-electron chi connectivity index (χ1n) is 10.5. The van der Waals surface area contributed by atoms with Crippen molar-refractivity contribution in [2.24, 2.45) is 0 Å². The van der Waals surface area contributed by atoms with Crippen LogP contribution in [-0.4, -0.2) is 25.0 Å². The zero-order valence-electron chi connectivity index (χ0n) is 17.8. The normalized spacial score (nSPS) is 10.5. The molecule has 2 amide bonds. The highest BCUT2D eigenvalue weighted by Crippen LogP contribution is 2.21. The number of hydrogen-bond acceptors (Lipinski definition) is 3. The highest BCUT2D eigenvalue weighted by Gasteiger charge is 2.16. The summed E-state index contributed by atoms with van der Waals surface area (Å²) in [6, 6.07) is 30.1. The second kappa shape index (κ2) is 9.79. The monoisotopic (exact) mass is 424 g/mol. The number of fused-ring (bicyclic) bond motifs is 1. The van der Waals surface area contributed by atoms with Crippen LogP contribution in [0.5, 0.6) is 5.75 Å². The zero-order valence-corrected chi connectivity index (χ0v) is 17.8. The van der Waals surface area contributed by atoms with Gasteiger partial charge in [-0.15, -0.1) is 0 Å². The number of carbonyl (C=O) groups is 2. The standard InChI is InChI=1S/C27H24N2O3/c1-2-29(24-10-4-3-5-11-24)27(31)21-12-15-23(16-13-21)28-26(30)19-32-25-17-14-20-8-6-7-9-22(20)18-25/h3-18H,2,19H2,1H3,(H,28,30). The maximum absolute atomic E-state index is 12.9. The Kier molecular flexibility index (Phi) is 6.46. The summed E-state index contributed by atoms with van der Waals surface area (Å²) in [6.45, 7) is 2.40. The van der Waals surface area contributed by atoms with Crippen molar-refractivity contribution in [2.45, 2.75) is 6.92 Å². The molecule has 5 nitrogen and oxygen atoms in total. The minimum atomic E-state index is -0.267. The fourth-order valence-corrected chi connectivity index (χ4v) is 3.51. The molecular weight excluding hydrogens is 400 g/mol. The number of benzene rings is 4. The molecule has 0 saturated heterocycles.